The number of aliphatic carboxylic acids is 1. The van der Waals surface area contributed by atoms with Crippen LogP contribution in [0, 0.1) is 6.92 Å². The zero-order valence-electron chi connectivity index (χ0n) is 12.6. The average Bonchev–Trinajstić information content (AvgIpc) is 2.76. The molecule has 1 amide bonds. The molecule has 0 unspecified atom stereocenters. The summed E-state index contributed by atoms with van der Waals surface area (Å²) in [5, 5.41) is 17.8. The van der Waals surface area contributed by atoms with Gasteiger partial charge in [-0.15, -0.1) is 0 Å². The van der Waals surface area contributed by atoms with Gasteiger partial charge in [0, 0.05) is 25.5 Å². The van der Waals surface area contributed by atoms with Crippen LogP contribution in [0.2, 0.25) is 0 Å². The van der Waals surface area contributed by atoms with E-state index in [1.807, 2.05) is 37.3 Å². The molecule has 1 heterocycles. The Labute approximate surface area is 128 Å². The Bertz CT molecular complexity index is 665. The Hall–Kier alpha value is -2.63. The number of aryl methyl sites for hydroxylation is 2. The third-order valence-corrected chi connectivity index (χ3v) is 3.39. The fraction of sp³-hybridized carbons (Fsp3) is 0.312. The number of nitrogens with one attached hydrogen (secondary N) is 1. The second kappa shape index (κ2) is 6.89. The predicted molar refractivity (Wildman–Crippen MR) is 80.0 cm³/mol. The summed E-state index contributed by atoms with van der Waals surface area (Å²) in [6.07, 6.45) is -0.121. The van der Waals surface area contributed by atoms with E-state index in [9.17, 15) is 14.7 Å². The molecule has 2 aromatic rings. The number of aromatic nitrogens is 2. The van der Waals surface area contributed by atoms with Crippen LogP contribution in [0.5, 0.6) is 0 Å². The van der Waals surface area contributed by atoms with Crippen LogP contribution in [0.15, 0.2) is 36.4 Å². The first-order valence-electron chi connectivity index (χ1n) is 7.01. The Morgan fingerprint density at radius 3 is 2.50 bits per heavy atom. The lowest BCUT2D eigenvalue weighted by molar-refractivity contribution is -0.306. The third-order valence-electron chi connectivity index (χ3n) is 3.39. The molecule has 1 aromatic carbocycles. The van der Waals surface area contributed by atoms with Crippen LogP contribution < -0.4 is 10.4 Å². The maximum absolute atomic E-state index is 12.2. The van der Waals surface area contributed by atoms with Crippen molar-refractivity contribution in [2.75, 3.05) is 5.32 Å². The van der Waals surface area contributed by atoms with E-state index in [4.69, 9.17) is 0 Å². The van der Waals surface area contributed by atoms with E-state index in [0.29, 0.717) is 5.82 Å². The summed E-state index contributed by atoms with van der Waals surface area (Å²) >= 11 is 0. The van der Waals surface area contributed by atoms with Crippen LogP contribution in [-0.4, -0.2) is 21.7 Å². The fourth-order valence-corrected chi connectivity index (χ4v) is 2.38. The molecule has 0 bridgehead atoms. The highest BCUT2D eigenvalue weighted by atomic mass is 16.4. The van der Waals surface area contributed by atoms with Crippen molar-refractivity contribution in [3.63, 3.8) is 0 Å². The van der Waals surface area contributed by atoms with E-state index >= 15 is 0 Å². The van der Waals surface area contributed by atoms with Crippen molar-refractivity contribution in [2.24, 2.45) is 7.05 Å². The monoisotopic (exact) mass is 300 g/mol. The van der Waals surface area contributed by atoms with Crippen LogP contribution in [0.4, 0.5) is 5.82 Å². The molecule has 0 aliphatic heterocycles. The quantitative estimate of drug-likeness (QED) is 0.861. The van der Waals surface area contributed by atoms with E-state index in [-0.39, 0.29) is 18.7 Å². The Balaban J connectivity index is 2.08. The summed E-state index contributed by atoms with van der Waals surface area (Å²) in [7, 11) is 1.73. The molecule has 6 nitrogen and oxygen atoms in total. The van der Waals surface area contributed by atoms with E-state index < -0.39 is 11.9 Å². The van der Waals surface area contributed by atoms with Crippen molar-refractivity contribution in [3.8, 4) is 0 Å². The number of carboxylic acid groups (broad SMARTS) is 1. The van der Waals surface area contributed by atoms with Gasteiger partial charge in [0.1, 0.15) is 5.82 Å². The molecule has 0 spiro atoms. The summed E-state index contributed by atoms with van der Waals surface area (Å²) in [4.78, 5) is 23.1. The smallest absolute Gasteiger partial charge is 0.226 e. The first kappa shape index (κ1) is 15.8. The molecule has 0 saturated carbocycles. The van der Waals surface area contributed by atoms with Crippen molar-refractivity contribution >= 4 is 17.7 Å². The zero-order chi connectivity index (χ0) is 16.1. The first-order valence-corrected chi connectivity index (χ1v) is 7.01. The maximum Gasteiger partial charge on any atom is 0.226 e. The SMILES string of the molecule is Cc1cc(NC(=O)C[C@H](CC(=O)[O-])c2ccccc2)n(C)n1. The molecule has 1 aromatic heterocycles. The van der Waals surface area contributed by atoms with Gasteiger partial charge in [0.05, 0.1) is 5.69 Å². The molecule has 116 valence electrons. The topological polar surface area (TPSA) is 87.0 Å². The van der Waals surface area contributed by atoms with Gasteiger partial charge in [0.25, 0.3) is 0 Å². The summed E-state index contributed by atoms with van der Waals surface area (Å²) in [6, 6.07) is 10.9. The minimum atomic E-state index is -1.17. The second-order valence-corrected chi connectivity index (χ2v) is 5.23. The number of benzene rings is 1. The molecule has 2 rings (SSSR count). The van der Waals surface area contributed by atoms with Crippen molar-refractivity contribution in [1.82, 2.24) is 9.78 Å². The molecule has 6 heteroatoms. The number of hydrogen-bond acceptors (Lipinski definition) is 4. The number of rotatable bonds is 6. The minimum absolute atomic E-state index is 0.0716. The van der Waals surface area contributed by atoms with Crippen molar-refractivity contribution in [1.29, 1.82) is 0 Å². The van der Waals surface area contributed by atoms with Crippen LogP contribution in [0.3, 0.4) is 0 Å². The molecule has 0 radical (unpaired) electrons. The fourth-order valence-electron chi connectivity index (χ4n) is 2.38. The van der Waals surface area contributed by atoms with E-state index in [1.54, 1.807) is 17.8 Å². The number of carbonyl (C=O) groups excluding carboxylic acids is 2. The summed E-state index contributed by atoms with van der Waals surface area (Å²) in [5.74, 6) is -1.25. The molecule has 0 aliphatic rings. The van der Waals surface area contributed by atoms with Gasteiger partial charge < -0.3 is 15.2 Å². The third kappa shape index (κ3) is 4.18. The number of carboxylic acids is 1. The Morgan fingerprint density at radius 2 is 1.95 bits per heavy atom. The number of anilines is 1. The molecule has 22 heavy (non-hydrogen) atoms. The summed E-state index contributed by atoms with van der Waals surface area (Å²) in [5.41, 5.74) is 1.61. The van der Waals surface area contributed by atoms with Gasteiger partial charge in [0.15, 0.2) is 0 Å². The number of amides is 1. The molecule has 1 N–H and O–H groups in total. The van der Waals surface area contributed by atoms with Crippen molar-refractivity contribution in [2.45, 2.75) is 25.7 Å². The van der Waals surface area contributed by atoms with Gasteiger partial charge >= 0.3 is 0 Å². The van der Waals surface area contributed by atoms with E-state index in [0.717, 1.165) is 11.3 Å². The summed E-state index contributed by atoms with van der Waals surface area (Å²) in [6.45, 7) is 1.83. The maximum atomic E-state index is 12.2. The van der Waals surface area contributed by atoms with Crippen LogP contribution >= 0.6 is 0 Å². The molecule has 1 atom stereocenters. The lowest BCUT2D eigenvalue weighted by Gasteiger charge is -2.17. The Kier molecular flexibility index (Phi) is 4.93. The van der Waals surface area contributed by atoms with Gasteiger partial charge in [0.2, 0.25) is 5.91 Å². The molecular weight excluding hydrogens is 282 g/mol. The molecule has 0 fully saturated rings. The highest BCUT2D eigenvalue weighted by molar-refractivity contribution is 5.90. The first-order chi connectivity index (χ1) is 10.5. The molecular formula is C16H18N3O3-. The average molecular weight is 300 g/mol. The number of carbonyl (C=O) groups is 2. The number of hydrogen-bond donors (Lipinski definition) is 1. The van der Waals surface area contributed by atoms with Crippen molar-refractivity contribution < 1.29 is 14.7 Å². The van der Waals surface area contributed by atoms with Gasteiger partial charge in [-0.25, -0.2) is 0 Å². The van der Waals surface area contributed by atoms with Gasteiger partial charge in [-0.3, -0.25) is 9.48 Å². The molecule has 0 aliphatic carbocycles. The van der Waals surface area contributed by atoms with E-state index in [2.05, 4.69) is 10.4 Å². The van der Waals surface area contributed by atoms with Gasteiger partial charge in [-0.1, -0.05) is 30.3 Å². The highest BCUT2D eigenvalue weighted by Gasteiger charge is 2.17. The largest absolute Gasteiger partial charge is 0.550 e. The van der Waals surface area contributed by atoms with Crippen LogP contribution in [-0.2, 0) is 16.6 Å². The zero-order valence-corrected chi connectivity index (χ0v) is 12.6. The van der Waals surface area contributed by atoms with Crippen LogP contribution in [0.25, 0.3) is 0 Å². The lowest BCUT2D eigenvalue weighted by atomic mass is 9.92. The van der Waals surface area contributed by atoms with Gasteiger partial charge in [-0.2, -0.15) is 5.10 Å². The summed E-state index contributed by atoms with van der Waals surface area (Å²) < 4.78 is 1.57. The standard InChI is InChI=1S/C16H19N3O3/c1-11-8-14(19(2)18-11)17-15(20)9-13(10-16(21)22)12-6-4-3-5-7-12/h3-8,13H,9-10H2,1-2H3,(H,17,20)(H,21,22)/p-1/t13-/m1/s1. The van der Waals surface area contributed by atoms with Crippen LogP contribution in [0.1, 0.15) is 30.0 Å². The lowest BCUT2D eigenvalue weighted by Crippen LogP contribution is -2.26. The normalized spacial score (nSPS) is 11.9. The highest BCUT2D eigenvalue weighted by Crippen LogP contribution is 2.23. The number of nitrogens with zero attached hydrogens (tertiary/aromatic N) is 2. The van der Waals surface area contributed by atoms with Gasteiger partial charge in [-0.05, 0) is 24.8 Å². The Morgan fingerprint density at radius 1 is 1.27 bits per heavy atom. The minimum Gasteiger partial charge on any atom is -0.550 e. The van der Waals surface area contributed by atoms with E-state index in [1.165, 1.54) is 0 Å². The second-order valence-electron chi connectivity index (χ2n) is 5.23. The predicted octanol–water partition coefficient (Wildman–Crippen LogP) is 0.981. The molecule has 0 saturated heterocycles. The van der Waals surface area contributed by atoms with Crippen molar-refractivity contribution in [3.05, 3.63) is 47.7 Å².